The average Bonchev–Trinajstić information content (AvgIpc) is 2.87. The predicted octanol–water partition coefficient (Wildman–Crippen LogP) is 2.57. The van der Waals surface area contributed by atoms with Gasteiger partial charge in [0.25, 0.3) is 0 Å². The molecule has 1 aliphatic heterocycles. The molecule has 104 valence electrons. The molecule has 1 aliphatic carbocycles. The van der Waals surface area contributed by atoms with Crippen LogP contribution in [0.2, 0.25) is 0 Å². The summed E-state index contributed by atoms with van der Waals surface area (Å²) in [6.07, 6.45) is 4.07. The molecule has 5 heteroatoms. The number of aliphatic hydroxyl groups is 1. The Balaban J connectivity index is 1.65. The second-order valence-corrected chi connectivity index (χ2v) is 6.00. The van der Waals surface area contributed by atoms with Gasteiger partial charge in [-0.05, 0) is 46.5 Å². The molecule has 2 aliphatic rings. The van der Waals surface area contributed by atoms with Gasteiger partial charge in [-0.15, -0.1) is 0 Å². The number of fused-ring (bicyclic) bond motifs is 1. The minimum Gasteiger partial charge on any atom is -0.454 e. The van der Waals surface area contributed by atoms with E-state index in [0.717, 1.165) is 47.3 Å². The molecule has 0 aromatic heterocycles. The van der Waals surface area contributed by atoms with Gasteiger partial charge in [-0.1, -0.05) is 12.8 Å². The Morgan fingerprint density at radius 2 is 2.11 bits per heavy atom. The number of halogens is 1. The fourth-order valence-corrected chi connectivity index (χ4v) is 3.33. The van der Waals surface area contributed by atoms with E-state index < -0.39 is 0 Å². The fourth-order valence-electron chi connectivity index (χ4n) is 2.72. The van der Waals surface area contributed by atoms with Gasteiger partial charge in [0.15, 0.2) is 11.5 Å². The molecule has 0 bridgehead atoms. The van der Waals surface area contributed by atoms with Crippen molar-refractivity contribution in [2.45, 2.75) is 44.4 Å². The molecule has 0 amide bonds. The van der Waals surface area contributed by atoms with Crippen molar-refractivity contribution in [3.05, 3.63) is 22.2 Å². The number of hydrogen-bond acceptors (Lipinski definition) is 4. The van der Waals surface area contributed by atoms with E-state index in [1.165, 1.54) is 6.42 Å². The van der Waals surface area contributed by atoms with Gasteiger partial charge in [-0.2, -0.15) is 0 Å². The van der Waals surface area contributed by atoms with Gasteiger partial charge >= 0.3 is 0 Å². The quantitative estimate of drug-likeness (QED) is 0.895. The minimum absolute atomic E-state index is 0.206. The molecule has 0 radical (unpaired) electrons. The van der Waals surface area contributed by atoms with Crippen LogP contribution in [-0.2, 0) is 6.54 Å². The zero-order chi connectivity index (χ0) is 13.2. The molecule has 3 rings (SSSR count). The minimum atomic E-state index is -0.216. The molecular weight excluding hydrogens is 310 g/mol. The Morgan fingerprint density at radius 3 is 2.95 bits per heavy atom. The van der Waals surface area contributed by atoms with E-state index in [2.05, 4.69) is 21.2 Å². The van der Waals surface area contributed by atoms with Crippen molar-refractivity contribution >= 4 is 15.9 Å². The monoisotopic (exact) mass is 327 g/mol. The molecular formula is C14H18BrNO3. The van der Waals surface area contributed by atoms with E-state index in [1.807, 2.05) is 12.1 Å². The van der Waals surface area contributed by atoms with Crippen LogP contribution in [0.15, 0.2) is 16.6 Å². The smallest absolute Gasteiger partial charge is 0.231 e. The van der Waals surface area contributed by atoms with Crippen molar-refractivity contribution < 1.29 is 14.6 Å². The summed E-state index contributed by atoms with van der Waals surface area (Å²) in [5, 5.41) is 13.4. The lowest BCUT2D eigenvalue weighted by Gasteiger charge is -2.28. The van der Waals surface area contributed by atoms with Crippen molar-refractivity contribution in [1.82, 2.24) is 5.32 Å². The van der Waals surface area contributed by atoms with Crippen LogP contribution in [0.25, 0.3) is 0 Å². The van der Waals surface area contributed by atoms with Gasteiger partial charge in [0.05, 0.1) is 10.6 Å². The van der Waals surface area contributed by atoms with Crippen LogP contribution in [0.4, 0.5) is 0 Å². The zero-order valence-electron chi connectivity index (χ0n) is 10.7. The molecule has 2 atom stereocenters. The maximum Gasteiger partial charge on any atom is 0.231 e. The van der Waals surface area contributed by atoms with Crippen LogP contribution < -0.4 is 14.8 Å². The largest absolute Gasteiger partial charge is 0.454 e. The molecule has 1 aromatic carbocycles. The van der Waals surface area contributed by atoms with E-state index in [9.17, 15) is 5.11 Å². The van der Waals surface area contributed by atoms with E-state index in [4.69, 9.17) is 9.47 Å². The highest BCUT2D eigenvalue weighted by Gasteiger charge is 2.23. The van der Waals surface area contributed by atoms with E-state index in [1.54, 1.807) is 0 Å². The first kappa shape index (κ1) is 13.2. The van der Waals surface area contributed by atoms with E-state index >= 15 is 0 Å². The van der Waals surface area contributed by atoms with Crippen molar-refractivity contribution in [3.63, 3.8) is 0 Å². The summed E-state index contributed by atoms with van der Waals surface area (Å²) < 4.78 is 11.7. The molecule has 2 N–H and O–H groups in total. The predicted molar refractivity (Wildman–Crippen MR) is 75.4 cm³/mol. The highest BCUT2D eigenvalue weighted by molar-refractivity contribution is 9.10. The normalized spacial score (nSPS) is 25.6. The number of hydrogen-bond donors (Lipinski definition) is 2. The standard InChI is InChI=1S/C14H18BrNO3/c15-10-5-9(6-13-14(10)19-8-18-13)7-16-11-3-1-2-4-12(11)17/h5-6,11-12,16-17H,1-4,7-8H2. The molecule has 1 aromatic rings. The third-order valence-electron chi connectivity index (χ3n) is 3.78. The Labute approximate surface area is 121 Å². The number of rotatable bonds is 3. The van der Waals surface area contributed by atoms with Crippen LogP contribution in [0.1, 0.15) is 31.2 Å². The van der Waals surface area contributed by atoms with Crippen LogP contribution in [0, 0.1) is 0 Å². The summed E-state index contributed by atoms with van der Waals surface area (Å²) in [5.74, 6) is 1.57. The van der Waals surface area contributed by atoms with Crippen molar-refractivity contribution in [2.75, 3.05) is 6.79 Å². The lowest BCUT2D eigenvalue weighted by atomic mass is 9.92. The summed E-state index contributed by atoms with van der Waals surface area (Å²) in [7, 11) is 0. The molecule has 4 nitrogen and oxygen atoms in total. The number of benzene rings is 1. The van der Waals surface area contributed by atoms with Gasteiger partial charge < -0.3 is 19.9 Å². The number of aliphatic hydroxyl groups excluding tert-OH is 1. The summed E-state index contributed by atoms with van der Waals surface area (Å²) in [6, 6.07) is 4.24. The summed E-state index contributed by atoms with van der Waals surface area (Å²) in [6.45, 7) is 1.02. The Hall–Kier alpha value is -0.780. The Bertz CT molecular complexity index is 466. The highest BCUT2D eigenvalue weighted by Crippen LogP contribution is 2.40. The first-order chi connectivity index (χ1) is 9.24. The van der Waals surface area contributed by atoms with Crippen LogP contribution in [0.5, 0.6) is 11.5 Å². The van der Waals surface area contributed by atoms with Crippen LogP contribution >= 0.6 is 15.9 Å². The highest BCUT2D eigenvalue weighted by atomic mass is 79.9. The third kappa shape index (κ3) is 2.88. The number of nitrogens with one attached hydrogen (secondary N) is 1. The molecule has 2 unspecified atom stereocenters. The molecule has 1 saturated carbocycles. The maximum absolute atomic E-state index is 9.94. The molecule has 0 spiro atoms. The summed E-state index contributed by atoms with van der Waals surface area (Å²) in [5.41, 5.74) is 1.13. The van der Waals surface area contributed by atoms with Crippen molar-refractivity contribution in [1.29, 1.82) is 0 Å². The maximum atomic E-state index is 9.94. The Morgan fingerprint density at radius 1 is 1.26 bits per heavy atom. The third-order valence-corrected chi connectivity index (χ3v) is 4.37. The average molecular weight is 328 g/mol. The van der Waals surface area contributed by atoms with Gasteiger partial charge in [0, 0.05) is 12.6 Å². The first-order valence-electron chi connectivity index (χ1n) is 6.73. The SMILES string of the molecule is OC1CCCCC1NCc1cc(Br)c2c(c1)OCO2. The van der Waals surface area contributed by atoms with Crippen LogP contribution in [0.3, 0.4) is 0 Å². The van der Waals surface area contributed by atoms with Gasteiger partial charge in [-0.25, -0.2) is 0 Å². The van der Waals surface area contributed by atoms with Gasteiger partial charge in [-0.3, -0.25) is 0 Å². The zero-order valence-corrected chi connectivity index (χ0v) is 12.3. The topological polar surface area (TPSA) is 50.7 Å². The first-order valence-corrected chi connectivity index (χ1v) is 7.53. The second-order valence-electron chi connectivity index (χ2n) is 5.15. The van der Waals surface area contributed by atoms with E-state index in [0.29, 0.717) is 0 Å². The van der Waals surface area contributed by atoms with E-state index in [-0.39, 0.29) is 18.9 Å². The van der Waals surface area contributed by atoms with Gasteiger partial charge in [0.1, 0.15) is 0 Å². The molecule has 1 heterocycles. The molecule has 0 saturated heterocycles. The van der Waals surface area contributed by atoms with Crippen LogP contribution in [-0.4, -0.2) is 24.0 Å². The fraction of sp³-hybridized carbons (Fsp3) is 0.571. The lowest BCUT2D eigenvalue weighted by Crippen LogP contribution is -2.41. The lowest BCUT2D eigenvalue weighted by molar-refractivity contribution is 0.0902. The van der Waals surface area contributed by atoms with Crippen molar-refractivity contribution in [3.8, 4) is 11.5 Å². The van der Waals surface area contributed by atoms with Crippen molar-refractivity contribution in [2.24, 2.45) is 0 Å². The molecule has 19 heavy (non-hydrogen) atoms. The van der Waals surface area contributed by atoms with Gasteiger partial charge in [0.2, 0.25) is 6.79 Å². The Kier molecular flexibility index (Phi) is 3.96. The summed E-state index contributed by atoms with van der Waals surface area (Å²) >= 11 is 3.49. The molecule has 1 fully saturated rings. The second kappa shape index (κ2) is 5.69. The summed E-state index contributed by atoms with van der Waals surface area (Å²) in [4.78, 5) is 0. The number of ether oxygens (including phenoxy) is 2.